The number of hydrogen-bond acceptors (Lipinski definition) is 14. The lowest BCUT2D eigenvalue weighted by molar-refractivity contribution is -0.123. The van der Waals surface area contributed by atoms with Crippen LogP contribution >= 0.6 is 0 Å². The molecule has 0 spiro atoms. The lowest BCUT2D eigenvalue weighted by atomic mass is 10.1. The Hall–Kier alpha value is -4.32. The monoisotopic (exact) mass is 815 g/mol. The van der Waals surface area contributed by atoms with Gasteiger partial charge in [-0.05, 0) is 38.0 Å². The summed E-state index contributed by atoms with van der Waals surface area (Å²) in [5, 5.41) is 12.9. The number of unbranched alkanes of at least 4 members (excludes halogenated alkanes) is 5. The number of carbonyl (C=O) groups excluding carboxylic acids is 3. The van der Waals surface area contributed by atoms with E-state index in [0.29, 0.717) is 97.8 Å². The number of primary amides is 1. The highest BCUT2D eigenvalue weighted by atomic mass is 16.6. The highest BCUT2D eigenvalue weighted by Crippen LogP contribution is 2.23. The maximum absolute atomic E-state index is 12.5. The van der Waals surface area contributed by atoms with Crippen molar-refractivity contribution < 1.29 is 52.6 Å². The summed E-state index contributed by atoms with van der Waals surface area (Å²) in [7, 11) is 0. The maximum Gasteiger partial charge on any atom is 0.243 e. The number of nitrogens with zero attached hydrogens (tertiary/aromatic N) is 3. The molecule has 1 aliphatic rings. The van der Waals surface area contributed by atoms with Crippen LogP contribution in [0.15, 0.2) is 54.9 Å². The molecule has 4 N–H and O–H groups in total. The van der Waals surface area contributed by atoms with Gasteiger partial charge in [0.1, 0.15) is 23.9 Å². The fourth-order valence-corrected chi connectivity index (χ4v) is 5.91. The molecule has 1 fully saturated rings. The number of rotatable bonds is 34. The van der Waals surface area contributed by atoms with Crippen LogP contribution in [-0.2, 0) is 38.0 Å². The minimum atomic E-state index is -0.502. The zero-order valence-electron chi connectivity index (χ0n) is 34.2. The van der Waals surface area contributed by atoms with Crippen molar-refractivity contribution in [2.75, 3.05) is 117 Å². The Labute approximate surface area is 343 Å². The third-order valence-corrected chi connectivity index (χ3v) is 9.05. The first-order valence-corrected chi connectivity index (χ1v) is 20.4. The fourth-order valence-electron chi connectivity index (χ4n) is 5.91. The van der Waals surface area contributed by atoms with E-state index in [2.05, 4.69) is 27.0 Å². The Kier molecular flexibility index (Phi) is 25.4. The second-order valence-corrected chi connectivity index (χ2v) is 13.7. The van der Waals surface area contributed by atoms with Crippen LogP contribution < -0.4 is 20.7 Å². The van der Waals surface area contributed by atoms with Crippen LogP contribution in [0.1, 0.15) is 62.2 Å². The van der Waals surface area contributed by atoms with Crippen molar-refractivity contribution in [1.29, 1.82) is 0 Å². The number of hydrogen-bond donors (Lipinski definition) is 3. The smallest absolute Gasteiger partial charge is 0.243 e. The number of aromatic nitrogens is 1. The van der Waals surface area contributed by atoms with Gasteiger partial charge in [-0.1, -0.05) is 37.8 Å². The molecule has 1 saturated heterocycles. The van der Waals surface area contributed by atoms with Gasteiger partial charge in [-0.25, -0.2) is 4.98 Å². The van der Waals surface area contributed by atoms with Crippen molar-refractivity contribution >= 4 is 23.4 Å². The van der Waals surface area contributed by atoms with Crippen molar-refractivity contribution in [1.82, 2.24) is 15.2 Å². The third-order valence-electron chi connectivity index (χ3n) is 9.05. The minimum Gasteiger partial charge on any atom is -0.507 e. The first kappa shape index (κ1) is 48.1. The van der Waals surface area contributed by atoms with Crippen molar-refractivity contribution in [2.45, 2.75) is 57.9 Å². The van der Waals surface area contributed by atoms with Gasteiger partial charge in [-0.15, -0.1) is 0 Å². The summed E-state index contributed by atoms with van der Waals surface area (Å²) in [4.78, 5) is 44.1. The molecule has 0 saturated carbocycles. The number of nitrogens with one attached hydrogen (secondary N) is 1. The van der Waals surface area contributed by atoms with E-state index in [-0.39, 0.29) is 30.1 Å². The van der Waals surface area contributed by atoms with E-state index in [1.54, 1.807) is 24.4 Å². The number of piperazine rings is 1. The molecule has 324 valence electrons. The number of amides is 2. The summed E-state index contributed by atoms with van der Waals surface area (Å²) in [5.41, 5.74) is 5.27. The van der Waals surface area contributed by atoms with Crippen LogP contribution in [0.2, 0.25) is 0 Å². The first-order valence-electron chi connectivity index (χ1n) is 20.4. The molecule has 0 unspecified atom stereocenters. The molecule has 58 heavy (non-hydrogen) atoms. The molecule has 1 aromatic heterocycles. The second kappa shape index (κ2) is 30.7. The van der Waals surface area contributed by atoms with Crippen molar-refractivity contribution in [3.05, 3.63) is 60.4 Å². The lowest BCUT2D eigenvalue weighted by Crippen LogP contribution is -2.50. The van der Waals surface area contributed by atoms with Crippen molar-refractivity contribution in [2.24, 2.45) is 5.73 Å². The maximum atomic E-state index is 12.5. The van der Waals surface area contributed by atoms with Gasteiger partial charge in [0.2, 0.25) is 11.8 Å². The molecule has 16 heteroatoms. The van der Waals surface area contributed by atoms with Crippen LogP contribution in [0.5, 0.6) is 11.5 Å². The van der Waals surface area contributed by atoms with Crippen molar-refractivity contribution in [3.63, 3.8) is 0 Å². The van der Waals surface area contributed by atoms with Crippen LogP contribution in [0, 0.1) is 0 Å². The highest BCUT2D eigenvalue weighted by Gasteiger charge is 2.23. The van der Waals surface area contributed by atoms with E-state index in [1.807, 2.05) is 18.3 Å². The molecule has 0 aliphatic carbocycles. The number of ketones is 1. The van der Waals surface area contributed by atoms with E-state index in [0.717, 1.165) is 69.7 Å². The number of benzene rings is 1. The Balaban J connectivity index is 1.07. The average Bonchev–Trinajstić information content (AvgIpc) is 3.22. The van der Waals surface area contributed by atoms with Crippen LogP contribution in [0.25, 0.3) is 0 Å². The van der Waals surface area contributed by atoms with E-state index < -0.39 is 5.91 Å². The minimum absolute atomic E-state index is 0.0138. The van der Waals surface area contributed by atoms with Gasteiger partial charge >= 0.3 is 0 Å². The van der Waals surface area contributed by atoms with E-state index >= 15 is 0 Å². The molecule has 2 heterocycles. The highest BCUT2D eigenvalue weighted by molar-refractivity contribution is 6.06. The number of pyridine rings is 1. The standard InChI is InChI=1S/C42H65N5O11/c1-35-33-47(19-18-46(35)17-14-39(49)37-10-7-8-11-38(37)48)41-32-36(13-15-44-41)58-20-9-5-3-2-4-6-12-42(51)45-16-21-52-22-23-53-24-25-54-26-27-55-28-29-56-30-31-57-34-40(43)50/h7-8,10-11,13-15,17,32,35,48H,2-6,9,12,16,18-31,33-34H2,1H3,(H2,43,50)(H,45,51)/b17-14+/t35-/m1/s1. The second-order valence-electron chi connectivity index (χ2n) is 13.7. The summed E-state index contributed by atoms with van der Waals surface area (Å²) in [5.74, 6) is 0.997. The Bertz CT molecular complexity index is 1470. The average molecular weight is 816 g/mol. The zero-order chi connectivity index (χ0) is 41.5. The molecular formula is C42H65N5O11. The van der Waals surface area contributed by atoms with Crippen molar-refractivity contribution in [3.8, 4) is 11.5 Å². The number of ether oxygens (including phenoxy) is 7. The van der Waals surface area contributed by atoms with Crippen LogP contribution in [0.4, 0.5) is 5.82 Å². The predicted octanol–water partition coefficient (Wildman–Crippen LogP) is 3.50. The quantitative estimate of drug-likeness (QED) is 0.0528. The van der Waals surface area contributed by atoms with Gasteiger partial charge in [0, 0.05) is 63.2 Å². The summed E-state index contributed by atoms with van der Waals surface area (Å²) < 4.78 is 38.2. The van der Waals surface area contributed by atoms with E-state index in [4.69, 9.17) is 38.9 Å². The van der Waals surface area contributed by atoms with Gasteiger partial charge in [0.25, 0.3) is 0 Å². The Morgan fingerprint density at radius 1 is 0.793 bits per heavy atom. The number of allylic oxidation sites excluding steroid dienone is 1. The Morgan fingerprint density at radius 3 is 2.03 bits per heavy atom. The number of phenols is 1. The molecule has 3 rings (SSSR count). The van der Waals surface area contributed by atoms with Crippen LogP contribution in [0.3, 0.4) is 0 Å². The zero-order valence-corrected chi connectivity index (χ0v) is 34.2. The molecular weight excluding hydrogens is 750 g/mol. The third kappa shape index (κ3) is 22.0. The Morgan fingerprint density at radius 2 is 1.40 bits per heavy atom. The molecule has 0 radical (unpaired) electrons. The first-order chi connectivity index (χ1) is 28.3. The number of para-hydroxylation sites is 1. The largest absolute Gasteiger partial charge is 0.507 e. The van der Waals surface area contributed by atoms with Crippen LogP contribution in [-0.4, -0.2) is 151 Å². The van der Waals surface area contributed by atoms with Gasteiger partial charge in [-0.3, -0.25) is 14.4 Å². The summed E-state index contributed by atoms with van der Waals surface area (Å²) >= 11 is 0. The molecule has 2 aromatic rings. The summed E-state index contributed by atoms with van der Waals surface area (Å²) in [6, 6.07) is 10.6. The van der Waals surface area contributed by atoms with E-state index in [9.17, 15) is 19.5 Å². The molecule has 1 aliphatic heterocycles. The van der Waals surface area contributed by atoms with Gasteiger partial charge in [0.05, 0.1) is 84.8 Å². The summed E-state index contributed by atoms with van der Waals surface area (Å²) in [6.45, 7) is 10.2. The van der Waals surface area contributed by atoms with Gasteiger partial charge in [-0.2, -0.15) is 0 Å². The number of carbonyl (C=O) groups is 3. The number of aromatic hydroxyl groups is 1. The lowest BCUT2D eigenvalue weighted by Gasteiger charge is -2.40. The van der Waals surface area contributed by atoms with E-state index in [1.165, 1.54) is 12.1 Å². The number of anilines is 1. The predicted molar refractivity (Wildman–Crippen MR) is 219 cm³/mol. The summed E-state index contributed by atoms with van der Waals surface area (Å²) in [6.07, 6.45) is 11.8. The van der Waals surface area contributed by atoms with Gasteiger partial charge in [0.15, 0.2) is 5.78 Å². The normalized spacial score (nSPS) is 14.3. The molecule has 16 nitrogen and oxygen atoms in total. The molecule has 0 bridgehead atoms. The molecule has 1 aromatic carbocycles. The number of nitrogens with two attached hydrogens (primary N) is 1. The fraction of sp³-hybridized carbons (Fsp3) is 0.619. The SMILES string of the molecule is C[C@@H]1CN(c2cc(OCCCCCCCCC(=O)NCCOCCOCCOCCOCCOCCOCC(N)=O)ccn2)CCN1/C=C/C(=O)c1ccccc1O. The molecule has 1 atom stereocenters. The molecule has 2 amide bonds. The topological polar surface area (TPSA) is 193 Å². The van der Waals surface area contributed by atoms with Gasteiger partial charge < -0.3 is 59.1 Å². The number of phenolic OH excluding ortho intramolecular Hbond substituents is 1.